The number of benzene rings is 2. The van der Waals surface area contributed by atoms with Gasteiger partial charge in [-0.25, -0.2) is 0 Å². The van der Waals surface area contributed by atoms with E-state index >= 15 is 0 Å². The number of thioether (sulfide) groups is 1. The molecular formula is C20H18N2O2S. The van der Waals surface area contributed by atoms with Gasteiger partial charge in [0.2, 0.25) is 0 Å². The predicted octanol–water partition coefficient (Wildman–Crippen LogP) is 4.62. The lowest BCUT2D eigenvalue weighted by molar-refractivity contribution is 0.0934. The Bertz CT molecular complexity index is 905. The first-order valence-electron chi connectivity index (χ1n) is 8.28. The number of nitrogens with zero attached hydrogens (tertiary/aromatic N) is 1. The molecule has 0 unspecified atom stereocenters. The van der Waals surface area contributed by atoms with Crippen molar-refractivity contribution in [3.63, 3.8) is 0 Å². The smallest absolute Gasteiger partial charge is 0.257 e. The Morgan fingerprint density at radius 3 is 2.76 bits per heavy atom. The molecule has 2 aromatic carbocycles. The zero-order valence-electron chi connectivity index (χ0n) is 13.9. The maximum absolute atomic E-state index is 13.0. The van der Waals surface area contributed by atoms with E-state index in [0.717, 1.165) is 17.7 Å². The third-order valence-corrected chi connectivity index (χ3v) is 5.52. The second-order valence-electron chi connectivity index (χ2n) is 6.03. The van der Waals surface area contributed by atoms with Gasteiger partial charge in [-0.3, -0.25) is 4.79 Å². The van der Waals surface area contributed by atoms with Crippen LogP contribution in [0.5, 0.6) is 0 Å². The van der Waals surface area contributed by atoms with Crippen molar-refractivity contribution in [1.82, 2.24) is 10.5 Å². The standard InChI is InChI=1S/C20H18N2O2S/c1-13-18(19(22-24-13)14-7-3-2-4-8-14)20(23)21-16-11-12-25-17-10-6-5-9-15(16)17/h2-10,16H,11-12H2,1H3,(H,21,23)/t16-/m0/s1. The molecule has 0 saturated heterocycles. The molecule has 1 atom stereocenters. The molecule has 3 aromatic rings. The Morgan fingerprint density at radius 2 is 1.92 bits per heavy atom. The number of fused-ring (bicyclic) bond motifs is 1. The summed E-state index contributed by atoms with van der Waals surface area (Å²) in [5.74, 6) is 1.40. The van der Waals surface area contributed by atoms with E-state index in [1.807, 2.05) is 54.2 Å². The number of aromatic nitrogens is 1. The summed E-state index contributed by atoms with van der Waals surface area (Å²) < 4.78 is 5.31. The second-order valence-corrected chi connectivity index (χ2v) is 7.17. The van der Waals surface area contributed by atoms with Crippen LogP contribution in [-0.2, 0) is 0 Å². The first-order valence-corrected chi connectivity index (χ1v) is 9.27. The minimum absolute atomic E-state index is 0.0165. The van der Waals surface area contributed by atoms with E-state index < -0.39 is 0 Å². The van der Waals surface area contributed by atoms with E-state index in [9.17, 15) is 4.79 Å². The molecule has 1 aliphatic rings. The maximum atomic E-state index is 13.0. The van der Waals surface area contributed by atoms with Gasteiger partial charge in [-0.15, -0.1) is 11.8 Å². The van der Waals surface area contributed by atoms with Crippen LogP contribution in [0.25, 0.3) is 11.3 Å². The molecule has 1 N–H and O–H groups in total. The fraction of sp³-hybridized carbons (Fsp3) is 0.200. The Kier molecular flexibility index (Phi) is 4.32. The molecular weight excluding hydrogens is 332 g/mol. The molecule has 0 fully saturated rings. The summed E-state index contributed by atoms with van der Waals surface area (Å²) >= 11 is 1.84. The van der Waals surface area contributed by atoms with E-state index in [4.69, 9.17) is 4.52 Å². The topological polar surface area (TPSA) is 55.1 Å². The Hall–Kier alpha value is -2.53. The van der Waals surface area contributed by atoms with Gasteiger partial charge in [0.25, 0.3) is 5.91 Å². The SMILES string of the molecule is Cc1onc(-c2ccccc2)c1C(=O)N[C@H]1CCSc2ccccc21. The summed E-state index contributed by atoms with van der Waals surface area (Å²) in [5.41, 5.74) is 3.17. The van der Waals surface area contributed by atoms with Crippen molar-refractivity contribution in [1.29, 1.82) is 0 Å². The molecule has 4 rings (SSSR count). The van der Waals surface area contributed by atoms with Gasteiger partial charge in [0.1, 0.15) is 17.0 Å². The number of nitrogens with one attached hydrogen (secondary N) is 1. The first kappa shape index (κ1) is 16.0. The molecule has 0 bridgehead atoms. The molecule has 25 heavy (non-hydrogen) atoms. The van der Waals surface area contributed by atoms with Gasteiger partial charge in [-0.2, -0.15) is 0 Å². The van der Waals surface area contributed by atoms with Crippen LogP contribution in [0.15, 0.2) is 64.0 Å². The van der Waals surface area contributed by atoms with Crippen molar-refractivity contribution in [2.45, 2.75) is 24.3 Å². The van der Waals surface area contributed by atoms with Crippen molar-refractivity contribution < 1.29 is 9.32 Å². The maximum Gasteiger partial charge on any atom is 0.257 e. The third-order valence-electron chi connectivity index (χ3n) is 4.40. The van der Waals surface area contributed by atoms with Gasteiger partial charge >= 0.3 is 0 Å². The summed E-state index contributed by atoms with van der Waals surface area (Å²) in [6.45, 7) is 1.78. The molecule has 0 radical (unpaired) electrons. The summed E-state index contributed by atoms with van der Waals surface area (Å²) in [6, 6.07) is 17.9. The highest BCUT2D eigenvalue weighted by Gasteiger charge is 2.26. The molecule has 0 aliphatic carbocycles. The number of aryl methyl sites for hydroxylation is 1. The molecule has 0 saturated carbocycles. The monoisotopic (exact) mass is 350 g/mol. The highest BCUT2D eigenvalue weighted by Crippen LogP contribution is 2.36. The van der Waals surface area contributed by atoms with Gasteiger partial charge in [0.05, 0.1) is 6.04 Å². The fourth-order valence-corrected chi connectivity index (χ4v) is 4.28. The van der Waals surface area contributed by atoms with Crippen molar-refractivity contribution in [3.8, 4) is 11.3 Å². The minimum Gasteiger partial charge on any atom is -0.360 e. The number of hydrogen-bond acceptors (Lipinski definition) is 4. The van der Waals surface area contributed by atoms with Crippen LogP contribution in [-0.4, -0.2) is 16.8 Å². The number of rotatable bonds is 3. The summed E-state index contributed by atoms with van der Waals surface area (Å²) in [6.07, 6.45) is 0.915. The second kappa shape index (κ2) is 6.76. The fourth-order valence-electron chi connectivity index (χ4n) is 3.16. The number of carbonyl (C=O) groups excluding carboxylic acids is 1. The van der Waals surface area contributed by atoms with Crippen LogP contribution in [0.3, 0.4) is 0 Å². The molecule has 126 valence electrons. The first-order chi connectivity index (χ1) is 12.2. The molecule has 4 nitrogen and oxygen atoms in total. The number of hydrogen-bond donors (Lipinski definition) is 1. The van der Waals surface area contributed by atoms with Crippen molar-refractivity contribution in [2.75, 3.05) is 5.75 Å². The van der Waals surface area contributed by atoms with Gasteiger partial charge in [0, 0.05) is 16.2 Å². The van der Waals surface area contributed by atoms with Crippen LogP contribution in [0, 0.1) is 6.92 Å². The number of amides is 1. The average Bonchev–Trinajstić information content (AvgIpc) is 3.04. The van der Waals surface area contributed by atoms with Gasteiger partial charge in [-0.1, -0.05) is 53.7 Å². The highest BCUT2D eigenvalue weighted by molar-refractivity contribution is 7.99. The van der Waals surface area contributed by atoms with Crippen LogP contribution < -0.4 is 5.32 Å². The van der Waals surface area contributed by atoms with Gasteiger partial charge in [-0.05, 0) is 25.0 Å². The highest BCUT2D eigenvalue weighted by atomic mass is 32.2. The zero-order chi connectivity index (χ0) is 17.2. The molecule has 5 heteroatoms. The summed E-state index contributed by atoms with van der Waals surface area (Å²) in [7, 11) is 0. The quantitative estimate of drug-likeness (QED) is 0.749. The lowest BCUT2D eigenvalue weighted by atomic mass is 10.0. The van der Waals surface area contributed by atoms with E-state index in [2.05, 4.69) is 22.6 Å². The van der Waals surface area contributed by atoms with Crippen molar-refractivity contribution >= 4 is 17.7 Å². The molecule has 0 spiro atoms. The minimum atomic E-state index is -0.135. The summed E-state index contributed by atoms with van der Waals surface area (Å²) in [4.78, 5) is 14.2. The van der Waals surface area contributed by atoms with Crippen LogP contribution >= 0.6 is 11.8 Å². The van der Waals surface area contributed by atoms with Crippen molar-refractivity contribution in [2.24, 2.45) is 0 Å². The lowest BCUT2D eigenvalue weighted by Crippen LogP contribution is -2.31. The summed E-state index contributed by atoms with van der Waals surface area (Å²) in [5, 5.41) is 7.28. The van der Waals surface area contributed by atoms with Gasteiger partial charge in [0.15, 0.2) is 0 Å². The predicted molar refractivity (Wildman–Crippen MR) is 98.7 cm³/mol. The Balaban J connectivity index is 1.64. The van der Waals surface area contributed by atoms with Crippen LogP contribution in [0.1, 0.15) is 34.1 Å². The van der Waals surface area contributed by atoms with Crippen LogP contribution in [0.4, 0.5) is 0 Å². The van der Waals surface area contributed by atoms with E-state index in [-0.39, 0.29) is 11.9 Å². The molecule has 1 amide bonds. The third kappa shape index (κ3) is 3.07. The normalized spacial score (nSPS) is 16.3. The zero-order valence-corrected chi connectivity index (χ0v) is 14.7. The Morgan fingerprint density at radius 1 is 1.16 bits per heavy atom. The van der Waals surface area contributed by atoms with Crippen molar-refractivity contribution in [3.05, 3.63) is 71.5 Å². The van der Waals surface area contributed by atoms with E-state index in [1.54, 1.807) is 6.92 Å². The number of carbonyl (C=O) groups is 1. The average molecular weight is 350 g/mol. The molecule has 2 heterocycles. The van der Waals surface area contributed by atoms with E-state index in [0.29, 0.717) is 17.0 Å². The van der Waals surface area contributed by atoms with Gasteiger partial charge < -0.3 is 9.84 Å². The van der Waals surface area contributed by atoms with Crippen LogP contribution in [0.2, 0.25) is 0 Å². The molecule has 1 aliphatic heterocycles. The molecule has 1 aromatic heterocycles. The Labute approximate surface area is 150 Å². The largest absolute Gasteiger partial charge is 0.360 e. The van der Waals surface area contributed by atoms with E-state index in [1.165, 1.54) is 10.5 Å². The lowest BCUT2D eigenvalue weighted by Gasteiger charge is -2.25.